The molecular weight excluding hydrogens is 236 g/mol. The number of hydrogen-bond acceptors (Lipinski definition) is 2. The Hall–Kier alpha value is -1.35. The molecule has 0 radical (unpaired) electrons. The van der Waals surface area contributed by atoms with E-state index in [2.05, 4.69) is 48.7 Å². The number of piperidine rings is 1. The van der Waals surface area contributed by atoms with Gasteiger partial charge in [-0.05, 0) is 36.4 Å². The fraction of sp³-hybridized carbons (Fsp3) is 0.562. The molecule has 1 heterocycles. The van der Waals surface area contributed by atoms with E-state index in [4.69, 9.17) is 0 Å². The summed E-state index contributed by atoms with van der Waals surface area (Å²) >= 11 is 0. The van der Waals surface area contributed by atoms with E-state index in [0.29, 0.717) is 12.3 Å². The summed E-state index contributed by atoms with van der Waals surface area (Å²) in [5, 5.41) is 6.48. The predicted molar refractivity (Wildman–Crippen MR) is 78.1 cm³/mol. The lowest BCUT2D eigenvalue weighted by Gasteiger charge is -2.30. The Morgan fingerprint density at radius 2 is 2.00 bits per heavy atom. The summed E-state index contributed by atoms with van der Waals surface area (Å²) in [6.45, 7) is 6.30. The summed E-state index contributed by atoms with van der Waals surface area (Å²) in [7, 11) is 0. The van der Waals surface area contributed by atoms with E-state index in [-0.39, 0.29) is 11.9 Å². The van der Waals surface area contributed by atoms with Gasteiger partial charge in [0.05, 0.1) is 6.42 Å². The lowest BCUT2D eigenvalue weighted by atomic mass is 9.94. The van der Waals surface area contributed by atoms with Crippen LogP contribution in [0.5, 0.6) is 0 Å². The fourth-order valence-corrected chi connectivity index (χ4v) is 2.52. The molecule has 1 saturated heterocycles. The zero-order chi connectivity index (χ0) is 13.7. The monoisotopic (exact) mass is 260 g/mol. The summed E-state index contributed by atoms with van der Waals surface area (Å²) in [5.41, 5.74) is 2.40. The SMILES string of the molecule is CCc1ccc(CC(=O)NC2CNCCC2C)cc1. The Morgan fingerprint density at radius 3 is 2.63 bits per heavy atom. The molecule has 0 aromatic heterocycles. The first-order valence-electron chi connectivity index (χ1n) is 7.27. The van der Waals surface area contributed by atoms with Gasteiger partial charge in [-0.25, -0.2) is 0 Å². The second-order valence-corrected chi connectivity index (χ2v) is 5.49. The topological polar surface area (TPSA) is 41.1 Å². The summed E-state index contributed by atoms with van der Waals surface area (Å²) < 4.78 is 0. The fourth-order valence-electron chi connectivity index (χ4n) is 2.52. The highest BCUT2D eigenvalue weighted by molar-refractivity contribution is 5.78. The van der Waals surface area contributed by atoms with Crippen molar-refractivity contribution in [1.82, 2.24) is 10.6 Å². The van der Waals surface area contributed by atoms with Crippen molar-refractivity contribution in [3.8, 4) is 0 Å². The minimum absolute atomic E-state index is 0.129. The molecule has 2 rings (SSSR count). The van der Waals surface area contributed by atoms with Crippen molar-refractivity contribution >= 4 is 5.91 Å². The van der Waals surface area contributed by atoms with Crippen molar-refractivity contribution in [3.05, 3.63) is 35.4 Å². The Kier molecular flexibility index (Phi) is 4.97. The predicted octanol–water partition coefficient (Wildman–Crippen LogP) is 1.91. The van der Waals surface area contributed by atoms with Crippen LogP contribution in [-0.4, -0.2) is 25.0 Å². The molecule has 2 atom stereocenters. The minimum atomic E-state index is 0.129. The number of carbonyl (C=O) groups excluding carboxylic acids is 1. The lowest BCUT2D eigenvalue weighted by molar-refractivity contribution is -0.121. The number of rotatable bonds is 4. The Bertz CT molecular complexity index is 413. The summed E-state index contributed by atoms with van der Waals surface area (Å²) in [6, 6.07) is 8.60. The van der Waals surface area contributed by atoms with Gasteiger partial charge in [0.15, 0.2) is 0 Å². The van der Waals surface area contributed by atoms with Crippen molar-refractivity contribution in [1.29, 1.82) is 0 Å². The molecule has 19 heavy (non-hydrogen) atoms. The van der Waals surface area contributed by atoms with Crippen LogP contribution in [0.1, 0.15) is 31.4 Å². The first kappa shape index (κ1) is 14.1. The highest BCUT2D eigenvalue weighted by Gasteiger charge is 2.22. The van der Waals surface area contributed by atoms with Crippen molar-refractivity contribution in [3.63, 3.8) is 0 Å². The third kappa shape index (κ3) is 4.06. The van der Waals surface area contributed by atoms with Crippen molar-refractivity contribution in [2.45, 2.75) is 39.2 Å². The van der Waals surface area contributed by atoms with Crippen LogP contribution in [-0.2, 0) is 17.6 Å². The number of nitrogens with one attached hydrogen (secondary N) is 2. The van der Waals surface area contributed by atoms with Crippen LogP contribution in [0.4, 0.5) is 0 Å². The van der Waals surface area contributed by atoms with Crippen molar-refractivity contribution in [2.24, 2.45) is 5.92 Å². The second-order valence-electron chi connectivity index (χ2n) is 5.49. The number of hydrogen-bond donors (Lipinski definition) is 2. The average molecular weight is 260 g/mol. The van der Waals surface area contributed by atoms with Gasteiger partial charge in [0.25, 0.3) is 0 Å². The van der Waals surface area contributed by atoms with Gasteiger partial charge in [-0.1, -0.05) is 38.1 Å². The van der Waals surface area contributed by atoms with Crippen LogP contribution in [0.3, 0.4) is 0 Å². The van der Waals surface area contributed by atoms with E-state index in [1.165, 1.54) is 5.56 Å². The maximum Gasteiger partial charge on any atom is 0.224 e. The first-order chi connectivity index (χ1) is 9.19. The third-order valence-electron chi connectivity index (χ3n) is 3.97. The van der Waals surface area contributed by atoms with E-state index in [1.807, 2.05) is 0 Å². The zero-order valence-corrected chi connectivity index (χ0v) is 11.9. The second kappa shape index (κ2) is 6.71. The van der Waals surface area contributed by atoms with Gasteiger partial charge in [-0.15, -0.1) is 0 Å². The highest BCUT2D eigenvalue weighted by atomic mass is 16.1. The molecule has 2 N–H and O–H groups in total. The molecular formula is C16H24N2O. The van der Waals surface area contributed by atoms with Crippen LogP contribution in [0.15, 0.2) is 24.3 Å². The van der Waals surface area contributed by atoms with Crippen LogP contribution in [0, 0.1) is 5.92 Å². The summed E-state index contributed by atoms with van der Waals surface area (Å²) in [4.78, 5) is 12.0. The molecule has 1 aromatic carbocycles. The lowest BCUT2D eigenvalue weighted by Crippen LogP contribution is -2.50. The van der Waals surface area contributed by atoms with Crippen molar-refractivity contribution in [2.75, 3.05) is 13.1 Å². The molecule has 0 bridgehead atoms. The smallest absolute Gasteiger partial charge is 0.224 e. The van der Waals surface area contributed by atoms with E-state index in [9.17, 15) is 4.79 Å². The van der Waals surface area contributed by atoms with Crippen LogP contribution in [0.2, 0.25) is 0 Å². The van der Waals surface area contributed by atoms with Crippen LogP contribution < -0.4 is 10.6 Å². The summed E-state index contributed by atoms with van der Waals surface area (Å²) in [6.07, 6.45) is 2.65. The number of aryl methyl sites for hydroxylation is 1. The Labute approximate surface area is 115 Å². The highest BCUT2D eigenvalue weighted by Crippen LogP contribution is 2.12. The molecule has 0 aliphatic carbocycles. The van der Waals surface area contributed by atoms with Crippen LogP contribution in [0.25, 0.3) is 0 Å². The molecule has 2 unspecified atom stereocenters. The number of amides is 1. The van der Waals surface area contributed by atoms with Gasteiger partial charge in [0.1, 0.15) is 0 Å². The average Bonchev–Trinajstić information content (AvgIpc) is 2.42. The Morgan fingerprint density at radius 1 is 1.32 bits per heavy atom. The molecule has 1 aromatic rings. The quantitative estimate of drug-likeness (QED) is 0.868. The molecule has 1 aliphatic rings. The standard InChI is InChI=1S/C16H24N2O/c1-3-13-4-6-14(7-5-13)10-16(19)18-15-11-17-9-8-12(15)2/h4-7,12,15,17H,3,8-11H2,1-2H3,(H,18,19). The Balaban J connectivity index is 1.86. The van der Waals surface area contributed by atoms with Gasteiger partial charge in [-0.3, -0.25) is 4.79 Å². The van der Waals surface area contributed by atoms with Gasteiger partial charge in [-0.2, -0.15) is 0 Å². The largest absolute Gasteiger partial charge is 0.352 e. The first-order valence-corrected chi connectivity index (χ1v) is 7.27. The molecule has 104 valence electrons. The maximum absolute atomic E-state index is 12.0. The van der Waals surface area contributed by atoms with E-state index in [1.54, 1.807) is 0 Å². The maximum atomic E-state index is 12.0. The number of carbonyl (C=O) groups is 1. The van der Waals surface area contributed by atoms with Gasteiger partial charge < -0.3 is 10.6 Å². The normalized spacial score (nSPS) is 23.1. The van der Waals surface area contributed by atoms with Crippen LogP contribution >= 0.6 is 0 Å². The van der Waals surface area contributed by atoms with E-state index < -0.39 is 0 Å². The van der Waals surface area contributed by atoms with Gasteiger partial charge >= 0.3 is 0 Å². The van der Waals surface area contributed by atoms with Gasteiger partial charge in [0.2, 0.25) is 5.91 Å². The van der Waals surface area contributed by atoms with E-state index in [0.717, 1.165) is 31.5 Å². The molecule has 1 fully saturated rings. The molecule has 3 nitrogen and oxygen atoms in total. The summed E-state index contributed by atoms with van der Waals surface area (Å²) in [5.74, 6) is 0.692. The molecule has 1 aliphatic heterocycles. The van der Waals surface area contributed by atoms with Gasteiger partial charge in [0, 0.05) is 12.6 Å². The van der Waals surface area contributed by atoms with E-state index >= 15 is 0 Å². The minimum Gasteiger partial charge on any atom is -0.352 e. The molecule has 1 amide bonds. The zero-order valence-electron chi connectivity index (χ0n) is 11.9. The molecule has 0 spiro atoms. The number of benzene rings is 1. The molecule has 3 heteroatoms. The third-order valence-corrected chi connectivity index (χ3v) is 3.97. The molecule has 0 saturated carbocycles. The van der Waals surface area contributed by atoms with Crippen molar-refractivity contribution < 1.29 is 4.79 Å².